The largest absolute Gasteiger partial charge is 0.493 e. The molecule has 1 aromatic heterocycles. The van der Waals surface area contributed by atoms with Crippen LogP contribution in [0.4, 0.5) is 0 Å². The molecule has 1 atom stereocenters. The quantitative estimate of drug-likeness (QED) is 0.666. The van der Waals surface area contributed by atoms with Gasteiger partial charge in [0.25, 0.3) is 5.56 Å². The maximum atomic E-state index is 13.2. The SMILES string of the molecule is COc1ccc([C@H]2C(C#N)=C(N)Oc3cc(C)n(C)c(=O)c32)cc1OCc1ccccc1. The molecule has 162 valence electrons. The number of fused-ring (bicyclic) bond motifs is 1. The Morgan fingerprint density at radius 3 is 2.59 bits per heavy atom. The fourth-order valence-corrected chi connectivity index (χ4v) is 3.79. The Labute approximate surface area is 185 Å². The fraction of sp³-hybridized carbons (Fsp3) is 0.200. The van der Waals surface area contributed by atoms with Crippen molar-refractivity contribution in [3.8, 4) is 23.3 Å². The van der Waals surface area contributed by atoms with Crippen LogP contribution in [0.2, 0.25) is 0 Å². The van der Waals surface area contributed by atoms with Crippen molar-refractivity contribution in [2.24, 2.45) is 12.8 Å². The van der Waals surface area contributed by atoms with Crippen molar-refractivity contribution >= 4 is 0 Å². The van der Waals surface area contributed by atoms with Crippen LogP contribution in [0.25, 0.3) is 0 Å². The van der Waals surface area contributed by atoms with Crippen LogP contribution in [0.15, 0.2) is 70.8 Å². The van der Waals surface area contributed by atoms with E-state index in [1.54, 1.807) is 38.4 Å². The Balaban J connectivity index is 1.83. The third-order valence-electron chi connectivity index (χ3n) is 5.61. The summed E-state index contributed by atoms with van der Waals surface area (Å²) in [5, 5.41) is 9.82. The molecule has 0 saturated carbocycles. The van der Waals surface area contributed by atoms with Crippen molar-refractivity contribution in [2.45, 2.75) is 19.4 Å². The maximum absolute atomic E-state index is 13.2. The zero-order valence-corrected chi connectivity index (χ0v) is 18.1. The lowest BCUT2D eigenvalue weighted by molar-refractivity contribution is 0.284. The van der Waals surface area contributed by atoms with Crippen LogP contribution >= 0.6 is 0 Å². The Morgan fingerprint density at radius 1 is 1.16 bits per heavy atom. The first-order valence-electron chi connectivity index (χ1n) is 10.1. The van der Waals surface area contributed by atoms with E-state index in [2.05, 4.69) is 6.07 Å². The maximum Gasteiger partial charge on any atom is 0.258 e. The highest BCUT2D eigenvalue weighted by molar-refractivity contribution is 5.57. The molecular weight excluding hydrogens is 406 g/mol. The number of aryl methyl sites for hydroxylation is 1. The topological polar surface area (TPSA) is 99.5 Å². The van der Waals surface area contributed by atoms with Crippen LogP contribution in [-0.2, 0) is 13.7 Å². The molecule has 32 heavy (non-hydrogen) atoms. The van der Waals surface area contributed by atoms with Gasteiger partial charge in [-0.2, -0.15) is 5.26 Å². The number of pyridine rings is 1. The summed E-state index contributed by atoms with van der Waals surface area (Å²) >= 11 is 0. The van der Waals surface area contributed by atoms with Crippen molar-refractivity contribution in [2.75, 3.05) is 7.11 Å². The van der Waals surface area contributed by atoms with Crippen molar-refractivity contribution in [1.29, 1.82) is 5.26 Å². The van der Waals surface area contributed by atoms with Gasteiger partial charge in [-0.25, -0.2) is 0 Å². The molecule has 0 unspecified atom stereocenters. The third-order valence-corrected chi connectivity index (χ3v) is 5.61. The van der Waals surface area contributed by atoms with Gasteiger partial charge < -0.3 is 24.5 Å². The molecule has 1 aliphatic heterocycles. The molecule has 0 fully saturated rings. The summed E-state index contributed by atoms with van der Waals surface area (Å²) in [6, 6.07) is 19.0. The molecule has 0 saturated heterocycles. The minimum atomic E-state index is -0.687. The van der Waals surface area contributed by atoms with E-state index >= 15 is 0 Å². The summed E-state index contributed by atoms with van der Waals surface area (Å²) in [7, 11) is 3.25. The number of rotatable bonds is 5. The standard InChI is InChI=1S/C25H23N3O4/c1-15-11-21-23(25(29)28(15)2)22(18(13-26)24(27)32-21)17-9-10-19(30-3)20(12-17)31-14-16-7-5-4-6-8-16/h4-12,22H,14,27H2,1-3H3/t22-/m0/s1. The van der Waals surface area contributed by atoms with Gasteiger partial charge in [-0.3, -0.25) is 4.79 Å². The second kappa shape index (κ2) is 8.52. The highest BCUT2D eigenvalue weighted by Crippen LogP contribution is 2.42. The van der Waals surface area contributed by atoms with Crippen LogP contribution < -0.4 is 25.5 Å². The summed E-state index contributed by atoms with van der Waals surface area (Å²) in [6.07, 6.45) is 0. The first-order valence-corrected chi connectivity index (χ1v) is 10.1. The first kappa shape index (κ1) is 21.1. The summed E-state index contributed by atoms with van der Waals surface area (Å²) in [6.45, 7) is 2.15. The van der Waals surface area contributed by atoms with Gasteiger partial charge >= 0.3 is 0 Å². The predicted octanol–water partition coefficient (Wildman–Crippen LogP) is 3.50. The zero-order chi connectivity index (χ0) is 22.8. The van der Waals surface area contributed by atoms with Gasteiger partial charge in [0, 0.05) is 18.8 Å². The van der Waals surface area contributed by atoms with Gasteiger partial charge in [0.05, 0.1) is 18.6 Å². The van der Waals surface area contributed by atoms with E-state index in [1.165, 1.54) is 4.57 Å². The predicted molar refractivity (Wildman–Crippen MR) is 119 cm³/mol. The lowest BCUT2D eigenvalue weighted by Crippen LogP contribution is -2.31. The molecule has 7 heteroatoms. The van der Waals surface area contributed by atoms with Crippen molar-refractivity contribution < 1.29 is 14.2 Å². The van der Waals surface area contributed by atoms with Crippen LogP contribution in [0.3, 0.4) is 0 Å². The Morgan fingerprint density at radius 2 is 1.91 bits per heavy atom. The number of allylic oxidation sites excluding steroid dienone is 1. The molecule has 3 aromatic rings. The summed E-state index contributed by atoms with van der Waals surface area (Å²) in [4.78, 5) is 13.2. The number of hydrogen-bond acceptors (Lipinski definition) is 6. The number of hydrogen-bond donors (Lipinski definition) is 1. The minimum Gasteiger partial charge on any atom is -0.493 e. The lowest BCUT2D eigenvalue weighted by Gasteiger charge is -2.27. The molecule has 2 N–H and O–H groups in total. The monoisotopic (exact) mass is 429 g/mol. The third kappa shape index (κ3) is 3.67. The summed E-state index contributed by atoms with van der Waals surface area (Å²) in [5.41, 5.74) is 8.77. The molecule has 0 spiro atoms. The number of nitrogens with two attached hydrogens (primary N) is 1. The number of methoxy groups -OCH3 is 1. The van der Waals surface area contributed by atoms with E-state index in [1.807, 2.05) is 37.3 Å². The fourth-order valence-electron chi connectivity index (χ4n) is 3.79. The average Bonchev–Trinajstić information content (AvgIpc) is 2.81. The van der Waals surface area contributed by atoms with E-state index in [0.717, 1.165) is 11.3 Å². The molecule has 1 aliphatic rings. The molecule has 0 amide bonds. The van der Waals surface area contributed by atoms with E-state index in [9.17, 15) is 10.1 Å². The molecular formula is C25H23N3O4. The van der Waals surface area contributed by atoms with Crippen LogP contribution in [0.1, 0.15) is 28.3 Å². The molecule has 0 radical (unpaired) electrons. The number of nitriles is 1. The second-order valence-corrected chi connectivity index (χ2v) is 7.54. The average molecular weight is 429 g/mol. The van der Waals surface area contributed by atoms with E-state index in [-0.39, 0.29) is 17.0 Å². The molecule has 0 aliphatic carbocycles. The van der Waals surface area contributed by atoms with Gasteiger partial charge in [0.1, 0.15) is 24.0 Å². The molecule has 4 rings (SSSR count). The van der Waals surface area contributed by atoms with Crippen molar-refractivity contribution in [3.05, 3.63) is 98.8 Å². The van der Waals surface area contributed by atoms with E-state index in [0.29, 0.717) is 35.0 Å². The minimum absolute atomic E-state index is 0.0137. The Hall–Kier alpha value is -4.18. The van der Waals surface area contributed by atoms with Gasteiger partial charge in [-0.15, -0.1) is 0 Å². The number of benzene rings is 2. The van der Waals surface area contributed by atoms with Crippen molar-refractivity contribution in [1.82, 2.24) is 4.57 Å². The van der Waals surface area contributed by atoms with Crippen molar-refractivity contribution in [3.63, 3.8) is 0 Å². The van der Waals surface area contributed by atoms with Gasteiger partial charge in [-0.05, 0) is 30.2 Å². The normalized spacial score (nSPS) is 14.9. The highest BCUT2D eigenvalue weighted by atomic mass is 16.5. The van der Waals surface area contributed by atoms with Gasteiger partial charge in [0.2, 0.25) is 5.88 Å². The van der Waals surface area contributed by atoms with Crippen LogP contribution in [0, 0.1) is 18.3 Å². The molecule has 0 bridgehead atoms. The summed E-state index contributed by atoms with van der Waals surface area (Å²) < 4.78 is 18.7. The van der Waals surface area contributed by atoms with Crippen LogP contribution in [0.5, 0.6) is 17.2 Å². The molecule has 7 nitrogen and oxygen atoms in total. The highest BCUT2D eigenvalue weighted by Gasteiger charge is 2.34. The second-order valence-electron chi connectivity index (χ2n) is 7.54. The van der Waals surface area contributed by atoms with Crippen LogP contribution in [-0.4, -0.2) is 11.7 Å². The Bertz CT molecular complexity index is 1300. The van der Waals surface area contributed by atoms with Gasteiger partial charge in [0.15, 0.2) is 11.5 Å². The smallest absolute Gasteiger partial charge is 0.258 e. The molecule has 2 aromatic carbocycles. The van der Waals surface area contributed by atoms with E-state index < -0.39 is 5.92 Å². The first-order chi connectivity index (χ1) is 15.4. The van der Waals surface area contributed by atoms with Gasteiger partial charge in [-0.1, -0.05) is 36.4 Å². The number of aromatic nitrogens is 1. The number of nitrogens with zero attached hydrogens (tertiary/aromatic N) is 2. The lowest BCUT2D eigenvalue weighted by atomic mass is 9.84. The summed E-state index contributed by atoms with van der Waals surface area (Å²) in [5.74, 6) is 0.703. The number of ether oxygens (including phenoxy) is 3. The molecule has 2 heterocycles. The Kier molecular flexibility index (Phi) is 5.61. The van der Waals surface area contributed by atoms with E-state index in [4.69, 9.17) is 19.9 Å². The zero-order valence-electron chi connectivity index (χ0n) is 18.1.